The van der Waals surface area contributed by atoms with Gasteiger partial charge in [0.05, 0.1) is 22.9 Å². The first-order valence-corrected chi connectivity index (χ1v) is 11.6. The fourth-order valence-electron chi connectivity index (χ4n) is 4.83. The zero-order chi connectivity index (χ0) is 25.4. The van der Waals surface area contributed by atoms with E-state index < -0.39 is 22.7 Å². The molecule has 1 saturated heterocycles. The van der Waals surface area contributed by atoms with Gasteiger partial charge in [0.2, 0.25) is 0 Å². The molecule has 0 bridgehead atoms. The number of aryl methyl sites for hydroxylation is 1. The number of benzene rings is 2. The average molecular weight is 489 g/mol. The van der Waals surface area contributed by atoms with Crippen molar-refractivity contribution in [2.75, 3.05) is 6.54 Å². The third kappa shape index (κ3) is 4.21. The van der Waals surface area contributed by atoms with Crippen molar-refractivity contribution in [1.29, 1.82) is 0 Å². The molecule has 1 N–H and O–H groups in total. The van der Waals surface area contributed by atoms with Crippen molar-refractivity contribution in [3.05, 3.63) is 93.6 Å². The zero-order valence-electron chi connectivity index (χ0n) is 19.5. The van der Waals surface area contributed by atoms with Crippen LogP contribution in [-0.4, -0.2) is 48.8 Å². The van der Waals surface area contributed by atoms with E-state index in [9.17, 15) is 24.8 Å². The molecule has 5 rings (SSSR count). The number of rotatable bonds is 7. The topological polar surface area (TPSA) is 128 Å². The van der Waals surface area contributed by atoms with E-state index in [0.717, 1.165) is 5.56 Å². The van der Waals surface area contributed by atoms with Gasteiger partial charge in [-0.2, -0.15) is 0 Å². The molecule has 0 radical (unpaired) electrons. The third-order valence-electron chi connectivity index (χ3n) is 6.48. The summed E-state index contributed by atoms with van der Waals surface area (Å²) in [5.74, 6) is -1.17. The average Bonchev–Trinajstić information content (AvgIpc) is 3.57. The molecule has 2 unspecified atom stereocenters. The Balaban J connectivity index is 1.56. The molecule has 2 atom stereocenters. The van der Waals surface area contributed by atoms with Crippen LogP contribution in [0.1, 0.15) is 36.1 Å². The number of hydrogen-bond acceptors (Lipinski definition) is 7. The van der Waals surface area contributed by atoms with Crippen molar-refractivity contribution in [2.45, 2.75) is 38.5 Å². The molecule has 1 aromatic heterocycles. The van der Waals surface area contributed by atoms with Crippen LogP contribution in [0.3, 0.4) is 0 Å². The molecule has 0 saturated carbocycles. The number of hydrogen-bond donors (Lipinski definition) is 1. The van der Waals surface area contributed by atoms with Crippen molar-refractivity contribution >= 4 is 23.1 Å². The number of carbonyl (C=O) groups excluding carboxylic acids is 2. The maximum atomic E-state index is 13.2. The van der Waals surface area contributed by atoms with Crippen molar-refractivity contribution in [1.82, 2.24) is 14.5 Å². The Morgan fingerprint density at radius 1 is 1.22 bits per heavy atom. The van der Waals surface area contributed by atoms with Crippen LogP contribution in [0.15, 0.2) is 66.8 Å². The summed E-state index contributed by atoms with van der Waals surface area (Å²) in [6.45, 7) is 2.72. The smallest absolute Gasteiger partial charge is 0.295 e. The Morgan fingerprint density at radius 2 is 2.06 bits per heavy atom. The lowest BCUT2D eigenvalue weighted by Gasteiger charge is -2.25. The van der Waals surface area contributed by atoms with Gasteiger partial charge in [0, 0.05) is 49.6 Å². The van der Waals surface area contributed by atoms with Gasteiger partial charge in [0.1, 0.15) is 17.6 Å². The van der Waals surface area contributed by atoms with E-state index in [1.54, 1.807) is 43.0 Å². The minimum absolute atomic E-state index is 0.00309. The number of carbonyl (C=O) groups is 2. The maximum Gasteiger partial charge on any atom is 0.295 e. The van der Waals surface area contributed by atoms with Crippen LogP contribution in [0.5, 0.6) is 5.75 Å². The highest BCUT2D eigenvalue weighted by Gasteiger charge is 2.46. The molecule has 3 heterocycles. The van der Waals surface area contributed by atoms with E-state index in [0.29, 0.717) is 36.3 Å². The standard InChI is InChI=1S/C26H24N4O6/c1-16-12-19-13-18(6-7-21(19)36-16)24(31)22-23(17-4-2-5-20(14-17)30(34)35)29(26(33)25(22)32)10-3-9-28-11-8-27-15-28/h2,4-8,11,13-16,23,31H,3,9-10,12H2,1H3/b24-22+. The molecule has 10 nitrogen and oxygen atoms in total. The van der Waals surface area contributed by atoms with Crippen LogP contribution >= 0.6 is 0 Å². The molecule has 2 aliphatic rings. The number of aromatic nitrogens is 2. The number of non-ortho nitro benzene ring substituents is 1. The van der Waals surface area contributed by atoms with Crippen molar-refractivity contribution in [3.63, 3.8) is 0 Å². The van der Waals surface area contributed by atoms with Crippen LogP contribution in [0.2, 0.25) is 0 Å². The number of fused-ring (bicyclic) bond motifs is 1. The van der Waals surface area contributed by atoms with Gasteiger partial charge in [-0.1, -0.05) is 12.1 Å². The molecular weight excluding hydrogens is 464 g/mol. The Labute approximate surface area is 206 Å². The minimum Gasteiger partial charge on any atom is -0.507 e. The number of nitro groups is 1. The number of aliphatic hydroxyl groups excluding tert-OH is 1. The lowest BCUT2D eigenvalue weighted by atomic mass is 9.94. The third-order valence-corrected chi connectivity index (χ3v) is 6.48. The fourth-order valence-corrected chi connectivity index (χ4v) is 4.83. The van der Waals surface area contributed by atoms with Crippen molar-refractivity contribution in [3.8, 4) is 5.75 Å². The molecule has 3 aromatic rings. The number of ketones is 1. The van der Waals surface area contributed by atoms with Crippen LogP contribution in [0.25, 0.3) is 5.76 Å². The first kappa shape index (κ1) is 23.3. The molecule has 2 aromatic carbocycles. The molecule has 2 aliphatic heterocycles. The summed E-state index contributed by atoms with van der Waals surface area (Å²) < 4.78 is 7.58. The Morgan fingerprint density at radius 3 is 2.81 bits per heavy atom. The van der Waals surface area contributed by atoms with Gasteiger partial charge in [0.25, 0.3) is 17.4 Å². The summed E-state index contributed by atoms with van der Waals surface area (Å²) in [7, 11) is 0. The SMILES string of the molecule is CC1Cc2cc(/C(O)=C3\C(=O)C(=O)N(CCCn4ccnc4)C3c3cccc([N+](=O)[O-])c3)ccc2O1. The number of aliphatic hydroxyl groups is 1. The number of nitrogens with zero attached hydrogens (tertiary/aromatic N) is 4. The minimum atomic E-state index is -0.962. The lowest BCUT2D eigenvalue weighted by molar-refractivity contribution is -0.384. The van der Waals surface area contributed by atoms with E-state index in [2.05, 4.69) is 4.98 Å². The van der Waals surface area contributed by atoms with Crippen molar-refractivity contribution < 1.29 is 24.4 Å². The van der Waals surface area contributed by atoms with Gasteiger partial charge < -0.3 is 19.3 Å². The Hall–Kier alpha value is -4.47. The first-order chi connectivity index (χ1) is 17.3. The molecule has 184 valence electrons. The number of imidazole rings is 1. The molecular formula is C26H24N4O6. The van der Waals surface area contributed by atoms with E-state index in [1.165, 1.54) is 23.1 Å². The van der Waals surface area contributed by atoms with Crippen LogP contribution in [0, 0.1) is 10.1 Å². The second-order valence-electron chi connectivity index (χ2n) is 8.95. The fraction of sp³-hybridized carbons (Fsp3) is 0.269. The van der Waals surface area contributed by atoms with Gasteiger partial charge in [-0.3, -0.25) is 19.7 Å². The van der Waals surface area contributed by atoms with E-state index >= 15 is 0 Å². The van der Waals surface area contributed by atoms with Crippen molar-refractivity contribution in [2.24, 2.45) is 0 Å². The summed E-state index contributed by atoms with van der Waals surface area (Å²) in [5.41, 5.74) is 1.41. The largest absolute Gasteiger partial charge is 0.507 e. The summed E-state index contributed by atoms with van der Waals surface area (Å²) in [5, 5.41) is 22.7. The molecule has 10 heteroatoms. The van der Waals surface area contributed by atoms with Gasteiger partial charge >= 0.3 is 0 Å². The highest BCUT2D eigenvalue weighted by atomic mass is 16.6. The number of nitro benzene ring substituents is 1. The van der Waals surface area contributed by atoms with Gasteiger partial charge in [-0.25, -0.2) is 4.98 Å². The van der Waals surface area contributed by atoms with Crippen LogP contribution < -0.4 is 4.74 Å². The summed E-state index contributed by atoms with van der Waals surface area (Å²) in [6, 6.07) is 9.98. The molecule has 36 heavy (non-hydrogen) atoms. The van der Waals surface area contributed by atoms with E-state index in [-0.39, 0.29) is 29.7 Å². The maximum absolute atomic E-state index is 13.2. The molecule has 1 fully saturated rings. The second-order valence-corrected chi connectivity index (χ2v) is 8.95. The highest BCUT2D eigenvalue weighted by molar-refractivity contribution is 6.46. The normalized spacial score (nSPS) is 20.4. The van der Waals surface area contributed by atoms with Crippen LogP contribution in [0.4, 0.5) is 5.69 Å². The summed E-state index contributed by atoms with van der Waals surface area (Å²) >= 11 is 0. The molecule has 1 amide bonds. The summed E-state index contributed by atoms with van der Waals surface area (Å²) in [6.07, 6.45) is 6.28. The molecule has 0 aliphatic carbocycles. The lowest BCUT2D eigenvalue weighted by Crippen LogP contribution is -2.31. The number of likely N-dealkylation sites (tertiary alicyclic amines) is 1. The predicted octanol–water partition coefficient (Wildman–Crippen LogP) is 3.63. The monoisotopic (exact) mass is 488 g/mol. The summed E-state index contributed by atoms with van der Waals surface area (Å²) in [4.78, 5) is 42.6. The number of Topliss-reactive ketones (excluding diaryl/α,β-unsaturated/α-hetero) is 1. The predicted molar refractivity (Wildman–Crippen MR) is 129 cm³/mol. The second kappa shape index (κ2) is 9.29. The van der Waals surface area contributed by atoms with Crippen LogP contribution in [-0.2, 0) is 22.6 Å². The van der Waals surface area contributed by atoms with Gasteiger partial charge in [-0.15, -0.1) is 0 Å². The highest BCUT2D eigenvalue weighted by Crippen LogP contribution is 2.41. The number of ether oxygens (including phenoxy) is 1. The van der Waals surface area contributed by atoms with Gasteiger partial charge in [0.15, 0.2) is 0 Å². The number of amides is 1. The molecule has 0 spiro atoms. The van der Waals surface area contributed by atoms with E-state index in [4.69, 9.17) is 4.74 Å². The quantitative estimate of drug-likeness (QED) is 0.177. The first-order valence-electron chi connectivity index (χ1n) is 11.6. The Kier molecular flexibility index (Phi) is 6.01. The Bertz CT molecular complexity index is 1380. The van der Waals surface area contributed by atoms with Gasteiger partial charge in [-0.05, 0) is 42.7 Å². The van der Waals surface area contributed by atoms with E-state index in [1.807, 2.05) is 11.5 Å². The zero-order valence-corrected chi connectivity index (χ0v) is 19.5.